The SMILES string of the molecule is O=C(c1cccc([N+](=O)[O-])c1)N(Cc1cccs1)c1ccc2c(c1)OCCO2. The lowest BCUT2D eigenvalue weighted by molar-refractivity contribution is -0.384. The molecule has 1 aliphatic heterocycles. The van der Waals surface area contributed by atoms with Gasteiger partial charge in [0.25, 0.3) is 11.6 Å². The highest BCUT2D eigenvalue weighted by Crippen LogP contribution is 2.35. The summed E-state index contributed by atoms with van der Waals surface area (Å²) in [5.41, 5.74) is 0.763. The number of fused-ring (bicyclic) bond motifs is 1. The Kier molecular flexibility index (Phi) is 4.94. The maximum Gasteiger partial charge on any atom is 0.270 e. The number of ether oxygens (including phenoxy) is 2. The molecule has 2 heterocycles. The average molecular weight is 396 g/mol. The van der Waals surface area contributed by atoms with Gasteiger partial charge in [-0.05, 0) is 29.6 Å². The van der Waals surface area contributed by atoms with Gasteiger partial charge in [-0.1, -0.05) is 12.1 Å². The van der Waals surface area contributed by atoms with Crippen LogP contribution in [0.15, 0.2) is 60.0 Å². The summed E-state index contributed by atoms with van der Waals surface area (Å²) in [6, 6.07) is 14.9. The van der Waals surface area contributed by atoms with Gasteiger partial charge in [-0.15, -0.1) is 11.3 Å². The van der Waals surface area contributed by atoms with Crippen LogP contribution in [0.4, 0.5) is 11.4 Å². The van der Waals surface area contributed by atoms with Crippen LogP contribution in [0.3, 0.4) is 0 Å². The standard InChI is InChI=1S/C20H16N2O5S/c23-20(14-3-1-4-16(11-14)22(24)25)21(13-17-5-2-10-28-17)15-6-7-18-19(12-15)27-9-8-26-18/h1-7,10-12H,8-9,13H2. The van der Waals surface area contributed by atoms with E-state index in [2.05, 4.69) is 0 Å². The molecule has 3 aromatic rings. The van der Waals surface area contributed by atoms with Crippen LogP contribution in [0, 0.1) is 10.1 Å². The number of carbonyl (C=O) groups is 1. The molecule has 0 saturated carbocycles. The monoisotopic (exact) mass is 396 g/mol. The van der Waals surface area contributed by atoms with Crippen molar-refractivity contribution in [2.24, 2.45) is 0 Å². The van der Waals surface area contributed by atoms with Crippen LogP contribution in [0.1, 0.15) is 15.2 Å². The molecule has 0 fully saturated rings. The molecule has 4 rings (SSSR count). The van der Waals surface area contributed by atoms with E-state index < -0.39 is 4.92 Å². The van der Waals surface area contributed by atoms with Crippen LogP contribution in [0.5, 0.6) is 11.5 Å². The number of rotatable bonds is 5. The van der Waals surface area contributed by atoms with E-state index in [1.165, 1.54) is 29.5 Å². The molecule has 1 aromatic heterocycles. The number of non-ortho nitro benzene ring substituents is 1. The Labute approximate surface area is 164 Å². The summed E-state index contributed by atoms with van der Waals surface area (Å²) in [5.74, 6) is 0.884. The smallest absolute Gasteiger partial charge is 0.270 e. The van der Waals surface area contributed by atoms with Gasteiger partial charge < -0.3 is 14.4 Å². The zero-order valence-corrected chi connectivity index (χ0v) is 15.6. The van der Waals surface area contributed by atoms with Crippen molar-refractivity contribution in [3.8, 4) is 11.5 Å². The van der Waals surface area contributed by atoms with E-state index in [4.69, 9.17) is 9.47 Å². The van der Waals surface area contributed by atoms with Gasteiger partial charge in [0, 0.05) is 34.3 Å². The third kappa shape index (κ3) is 3.67. The van der Waals surface area contributed by atoms with Crippen molar-refractivity contribution in [1.82, 2.24) is 0 Å². The first-order chi connectivity index (χ1) is 13.6. The first-order valence-corrected chi connectivity index (χ1v) is 9.48. The predicted molar refractivity (Wildman–Crippen MR) is 105 cm³/mol. The summed E-state index contributed by atoms with van der Waals surface area (Å²) in [5, 5.41) is 13.0. The number of amides is 1. The Morgan fingerprint density at radius 1 is 1.07 bits per heavy atom. The Morgan fingerprint density at radius 2 is 1.89 bits per heavy atom. The van der Waals surface area contributed by atoms with Crippen molar-refractivity contribution in [1.29, 1.82) is 0 Å². The van der Waals surface area contributed by atoms with Crippen LogP contribution in [-0.4, -0.2) is 24.0 Å². The molecule has 0 saturated heterocycles. The van der Waals surface area contributed by atoms with E-state index in [-0.39, 0.29) is 17.2 Å². The second kappa shape index (κ2) is 7.69. The Bertz CT molecular complexity index is 1020. The second-order valence-electron chi connectivity index (χ2n) is 6.11. The number of carbonyl (C=O) groups excluding carboxylic acids is 1. The molecule has 0 spiro atoms. The van der Waals surface area contributed by atoms with Gasteiger partial charge in [0.2, 0.25) is 0 Å². The van der Waals surface area contributed by atoms with Crippen LogP contribution in [0.25, 0.3) is 0 Å². The Morgan fingerprint density at radius 3 is 2.64 bits per heavy atom. The number of hydrogen-bond acceptors (Lipinski definition) is 6. The van der Waals surface area contributed by atoms with E-state index >= 15 is 0 Å². The number of anilines is 1. The van der Waals surface area contributed by atoms with Crippen molar-refractivity contribution < 1.29 is 19.2 Å². The summed E-state index contributed by atoms with van der Waals surface area (Å²) in [6.45, 7) is 1.27. The highest BCUT2D eigenvalue weighted by molar-refractivity contribution is 7.09. The molecule has 0 aliphatic carbocycles. The number of benzene rings is 2. The van der Waals surface area contributed by atoms with Crippen LogP contribution < -0.4 is 14.4 Å². The molecule has 1 aliphatic rings. The topological polar surface area (TPSA) is 81.9 Å². The number of thiophene rings is 1. The van der Waals surface area contributed by atoms with Gasteiger partial charge in [0.15, 0.2) is 11.5 Å². The van der Waals surface area contributed by atoms with Gasteiger partial charge in [-0.3, -0.25) is 14.9 Å². The minimum absolute atomic E-state index is 0.121. The van der Waals surface area contributed by atoms with E-state index in [1.807, 2.05) is 17.5 Å². The molecule has 0 radical (unpaired) electrons. The minimum atomic E-state index is -0.509. The van der Waals surface area contributed by atoms with Crippen molar-refractivity contribution in [3.63, 3.8) is 0 Å². The number of nitro groups is 1. The Balaban J connectivity index is 1.72. The molecule has 142 valence electrons. The summed E-state index contributed by atoms with van der Waals surface area (Å²) in [4.78, 5) is 26.4. The van der Waals surface area contributed by atoms with E-state index in [1.54, 1.807) is 29.2 Å². The molecular weight excluding hydrogens is 380 g/mol. The number of nitrogens with zero attached hydrogens (tertiary/aromatic N) is 2. The van der Waals surface area contributed by atoms with Crippen LogP contribution in [-0.2, 0) is 6.54 Å². The van der Waals surface area contributed by atoms with Crippen molar-refractivity contribution in [3.05, 3.63) is 80.5 Å². The fraction of sp³-hybridized carbons (Fsp3) is 0.150. The van der Waals surface area contributed by atoms with Gasteiger partial charge in [-0.2, -0.15) is 0 Å². The molecule has 1 amide bonds. The zero-order valence-electron chi connectivity index (χ0n) is 14.7. The van der Waals surface area contributed by atoms with Gasteiger partial charge in [0.1, 0.15) is 13.2 Å². The second-order valence-corrected chi connectivity index (χ2v) is 7.14. The normalized spacial score (nSPS) is 12.4. The van der Waals surface area contributed by atoms with Crippen molar-refractivity contribution in [2.45, 2.75) is 6.54 Å². The van der Waals surface area contributed by atoms with Crippen LogP contribution in [0.2, 0.25) is 0 Å². The fourth-order valence-corrected chi connectivity index (χ4v) is 3.64. The zero-order chi connectivity index (χ0) is 19.5. The molecule has 8 heteroatoms. The maximum atomic E-state index is 13.3. The first-order valence-electron chi connectivity index (χ1n) is 8.60. The van der Waals surface area contributed by atoms with E-state index in [0.29, 0.717) is 36.9 Å². The number of hydrogen-bond donors (Lipinski definition) is 0. The van der Waals surface area contributed by atoms with E-state index in [0.717, 1.165) is 4.88 Å². The number of nitro benzene ring substituents is 1. The third-order valence-corrected chi connectivity index (χ3v) is 5.14. The largest absolute Gasteiger partial charge is 0.486 e. The molecule has 0 unspecified atom stereocenters. The summed E-state index contributed by atoms with van der Waals surface area (Å²) in [6.07, 6.45) is 0. The third-order valence-electron chi connectivity index (χ3n) is 4.28. The van der Waals surface area contributed by atoms with Crippen molar-refractivity contribution >= 4 is 28.6 Å². The maximum absolute atomic E-state index is 13.3. The molecule has 0 bridgehead atoms. The average Bonchev–Trinajstić information content (AvgIpc) is 3.24. The molecular formula is C20H16N2O5S. The quantitative estimate of drug-likeness (QED) is 0.475. The molecule has 2 aromatic carbocycles. The van der Waals surface area contributed by atoms with Crippen LogP contribution >= 0.6 is 11.3 Å². The lowest BCUT2D eigenvalue weighted by atomic mass is 10.1. The molecule has 0 N–H and O–H groups in total. The van der Waals surface area contributed by atoms with Gasteiger partial charge >= 0.3 is 0 Å². The van der Waals surface area contributed by atoms with E-state index in [9.17, 15) is 14.9 Å². The minimum Gasteiger partial charge on any atom is -0.486 e. The molecule has 28 heavy (non-hydrogen) atoms. The molecule has 7 nitrogen and oxygen atoms in total. The molecule has 0 atom stereocenters. The lowest BCUT2D eigenvalue weighted by Crippen LogP contribution is -2.30. The van der Waals surface area contributed by atoms with Gasteiger partial charge in [-0.25, -0.2) is 0 Å². The summed E-state index contributed by atoms with van der Waals surface area (Å²) in [7, 11) is 0. The highest BCUT2D eigenvalue weighted by atomic mass is 32.1. The lowest BCUT2D eigenvalue weighted by Gasteiger charge is -2.25. The first kappa shape index (κ1) is 18.0. The summed E-state index contributed by atoms with van der Waals surface area (Å²) < 4.78 is 11.2. The van der Waals surface area contributed by atoms with Gasteiger partial charge in [0.05, 0.1) is 11.5 Å². The fourth-order valence-electron chi connectivity index (χ4n) is 2.95. The summed E-state index contributed by atoms with van der Waals surface area (Å²) >= 11 is 1.54. The predicted octanol–water partition coefficient (Wildman–Crippen LogP) is 4.27. The Hall–Kier alpha value is -3.39. The van der Waals surface area contributed by atoms with Crippen molar-refractivity contribution in [2.75, 3.05) is 18.1 Å². The highest BCUT2D eigenvalue weighted by Gasteiger charge is 2.23.